The molecule has 7 nitrogen and oxygen atoms in total. The van der Waals surface area contributed by atoms with E-state index in [4.69, 9.17) is 14.2 Å². The molecule has 2 rings (SSSR count). The summed E-state index contributed by atoms with van der Waals surface area (Å²) >= 11 is 0. The van der Waals surface area contributed by atoms with Crippen LogP contribution in [0.4, 0.5) is 4.79 Å². The Labute approximate surface area is 196 Å². The van der Waals surface area contributed by atoms with Crippen molar-refractivity contribution in [2.75, 3.05) is 20.3 Å². The summed E-state index contributed by atoms with van der Waals surface area (Å²) in [5.74, 6) is 0.467. The van der Waals surface area contributed by atoms with Crippen LogP contribution in [0.15, 0.2) is 36.4 Å². The quantitative estimate of drug-likeness (QED) is 0.415. The van der Waals surface area contributed by atoms with Gasteiger partial charge < -0.3 is 24.6 Å². The number of aliphatic hydroxyl groups excluding tert-OH is 1. The number of amides is 1. The molecule has 0 aliphatic rings. The number of aryl methyl sites for hydroxylation is 2. The average molecular weight is 458 g/mol. The van der Waals surface area contributed by atoms with Crippen LogP contribution in [0.25, 0.3) is 11.1 Å². The molecule has 0 radical (unpaired) electrons. The van der Waals surface area contributed by atoms with Crippen molar-refractivity contribution in [3.63, 3.8) is 0 Å². The van der Waals surface area contributed by atoms with E-state index in [0.29, 0.717) is 25.0 Å². The summed E-state index contributed by atoms with van der Waals surface area (Å²) in [4.78, 5) is 23.3. The van der Waals surface area contributed by atoms with Gasteiger partial charge in [-0.3, -0.25) is 0 Å². The molecule has 180 valence electrons. The smallest absolute Gasteiger partial charge is 0.407 e. The molecule has 0 aliphatic carbocycles. The number of ether oxygens (including phenoxy) is 3. The van der Waals surface area contributed by atoms with Gasteiger partial charge in [0.05, 0.1) is 25.4 Å². The van der Waals surface area contributed by atoms with E-state index >= 15 is 0 Å². The Morgan fingerprint density at radius 2 is 1.64 bits per heavy atom. The van der Waals surface area contributed by atoms with Crippen molar-refractivity contribution < 1.29 is 28.9 Å². The maximum Gasteiger partial charge on any atom is 0.407 e. The zero-order valence-electron chi connectivity index (χ0n) is 20.4. The summed E-state index contributed by atoms with van der Waals surface area (Å²) in [5.41, 5.74) is 4.00. The molecule has 0 aromatic heterocycles. The molecule has 7 heteroatoms. The molecule has 0 bridgehead atoms. The highest BCUT2D eigenvalue weighted by atomic mass is 16.6. The SMILES string of the molecule is COC(=O)c1ccc(-c2cc(C)c(OCCCC(O)CNC(=O)OC(C)(C)C)c(C)c2)cc1. The van der Waals surface area contributed by atoms with E-state index in [1.54, 1.807) is 32.9 Å². The first kappa shape index (κ1) is 26.2. The Bertz CT molecular complexity index is 923. The van der Waals surface area contributed by atoms with Gasteiger partial charge in [0, 0.05) is 6.54 Å². The number of esters is 1. The van der Waals surface area contributed by atoms with Crippen LogP contribution in [-0.4, -0.2) is 49.1 Å². The molecule has 0 spiro atoms. The first-order valence-corrected chi connectivity index (χ1v) is 11.1. The zero-order valence-corrected chi connectivity index (χ0v) is 20.4. The molecule has 2 aromatic rings. The maximum absolute atomic E-state index is 11.7. The number of carbonyl (C=O) groups excluding carboxylic acids is 2. The third-order valence-corrected chi connectivity index (χ3v) is 4.91. The molecule has 2 N–H and O–H groups in total. The Morgan fingerprint density at radius 1 is 1.03 bits per heavy atom. The van der Waals surface area contributed by atoms with Gasteiger partial charge in [0.1, 0.15) is 11.4 Å². The Balaban J connectivity index is 1.86. The topological polar surface area (TPSA) is 94.1 Å². The summed E-state index contributed by atoms with van der Waals surface area (Å²) in [5, 5.41) is 12.7. The summed E-state index contributed by atoms with van der Waals surface area (Å²) < 4.78 is 15.9. The number of hydrogen-bond acceptors (Lipinski definition) is 6. The maximum atomic E-state index is 11.7. The van der Waals surface area contributed by atoms with Gasteiger partial charge in [-0.05, 0) is 94.0 Å². The highest BCUT2D eigenvalue weighted by Gasteiger charge is 2.17. The second kappa shape index (κ2) is 11.7. The van der Waals surface area contributed by atoms with Crippen LogP contribution in [0, 0.1) is 13.8 Å². The number of hydrogen-bond donors (Lipinski definition) is 2. The minimum Gasteiger partial charge on any atom is -0.493 e. The van der Waals surface area contributed by atoms with Gasteiger partial charge in [-0.15, -0.1) is 0 Å². The van der Waals surface area contributed by atoms with E-state index in [0.717, 1.165) is 28.0 Å². The van der Waals surface area contributed by atoms with Gasteiger partial charge in [-0.1, -0.05) is 12.1 Å². The molecule has 1 unspecified atom stereocenters. The van der Waals surface area contributed by atoms with E-state index in [-0.39, 0.29) is 12.5 Å². The summed E-state index contributed by atoms with van der Waals surface area (Å²) in [6, 6.07) is 11.4. The largest absolute Gasteiger partial charge is 0.493 e. The minimum atomic E-state index is -0.668. The molecule has 0 heterocycles. The zero-order chi connectivity index (χ0) is 24.6. The van der Waals surface area contributed by atoms with Gasteiger partial charge in [-0.25, -0.2) is 9.59 Å². The summed E-state index contributed by atoms with van der Waals surface area (Å²) in [6.07, 6.45) is -0.0617. The minimum absolute atomic E-state index is 0.135. The number of methoxy groups -OCH3 is 1. The number of rotatable bonds is 9. The fourth-order valence-corrected chi connectivity index (χ4v) is 3.37. The molecule has 1 atom stereocenters. The van der Waals surface area contributed by atoms with Crippen LogP contribution in [0.3, 0.4) is 0 Å². The normalized spacial score (nSPS) is 12.1. The first-order valence-electron chi connectivity index (χ1n) is 11.1. The van der Waals surface area contributed by atoms with Gasteiger partial charge in [0.15, 0.2) is 0 Å². The van der Waals surface area contributed by atoms with Gasteiger partial charge in [0.25, 0.3) is 0 Å². The van der Waals surface area contributed by atoms with E-state index in [1.165, 1.54) is 7.11 Å². The van der Waals surface area contributed by atoms with E-state index in [2.05, 4.69) is 17.4 Å². The number of alkyl carbamates (subject to hydrolysis) is 1. The number of carbonyl (C=O) groups is 2. The Kier molecular flexibility index (Phi) is 9.29. The number of nitrogens with one attached hydrogen (secondary N) is 1. The standard InChI is InChI=1S/C26H35NO6/c1-17-14-21(19-9-11-20(12-10-19)24(29)31-6)15-18(2)23(17)32-13-7-8-22(28)16-27-25(30)33-26(3,4)5/h9-12,14-15,22,28H,7-8,13,16H2,1-6H3,(H,27,30). The van der Waals surface area contributed by atoms with Crippen molar-refractivity contribution >= 4 is 12.1 Å². The molecule has 0 saturated heterocycles. The Hall–Kier alpha value is -3.06. The lowest BCUT2D eigenvalue weighted by molar-refractivity contribution is 0.0485. The van der Waals surface area contributed by atoms with Crippen LogP contribution in [0.1, 0.15) is 55.1 Å². The lowest BCUT2D eigenvalue weighted by atomic mass is 9.99. The second-order valence-electron chi connectivity index (χ2n) is 9.04. The lowest BCUT2D eigenvalue weighted by Gasteiger charge is -2.20. The monoisotopic (exact) mass is 457 g/mol. The van der Waals surface area contributed by atoms with Gasteiger partial charge >= 0.3 is 12.1 Å². The highest BCUT2D eigenvalue weighted by Crippen LogP contribution is 2.30. The second-order valence-corrected chi connectivity index (χ2v) is 9.04. The van der Waals surface area contributed by atoms with Crippen LogP contribution in [0.2, 0.25) is 0 Å². The molecule has 1 amide bonds. The molecule has 0 saturated carbocycles. The van der Waals surface area contributed by atoms with E-state index in [1.807, 2.05) is 26.0 Å². The molecular weight excluding hydrogens is 422 g/mol. The molecular formula is C26H35NO6. The molecule has 33 heavy (non-hydrogen) atoms. The Morgan fingerprint density at radius 3 is 2.18 bits per heavy atom. The predicted octanol–water partition coefficient (Wildman–Crippen LogP) is 4.80. The average Bonchev–Trinajstić information content (AvgIpc) is 2.75. The van der Waals surface area contributed by atoms with Crippen LogP contribution in [0.5, 0.6) is 5.75 Å². The first-order chi connectivity index (χ1) is 15.5. The molecule has 2 aromatic carbocycles. The lowest BCUT2D eigenvalue weighted by Crippen LogP contribution is -2.37. The third-order valence-electron chi connectivity index (χ3n) is 4.91. The number of benzene rings is 2. The van der Waals surface area contributed by atoms with Crippen LogP contribution >= 0.6 is 0 Å². The van der Waals surface area contributed by atoms with Crippen molar-refractivity contribution in [1.29, 1.82) is 0 Å². The van der Waals surface area contributed by atoms with Crippen LogP contribution < -0.4 is 10.1 Å². The summed E-state index contributed by atoms with van der Waals surface area (Å²) in [7, 11) is 1.36. The van der Waals surface area contributed by atoms with Gasteiger partial charge in [0.2, 0.25) is 0 Å². The van der Waals surface area contributed by atoms with E-state index < -0.39 is 17.8 Å². The van der Waals surface area contributed by atoms with Crippen molar-refractivity contribution in [1.82, 2.24) is 5.32 Å². The summed E-state index contributed by atoms with van der Waals surface area (Å²) in [6.45, 7) is 9.95. The highest BCUT2D eigenvalue weighted by molar-refractivity contribution is 5.90. The van der Waals surface area contributed by atoms with Crippen molar-refractivity contribution in [3.05, 3.63) is 53.1 Å². The van der Waals surface area contributed by atoms with Crippen molar-refractivity contribution in [2.24, 2.45) is 0 Å². The molecule has 0 aliphatic heterocycles. The van der Waals surface area contributed by atoms with Crippen molar-refractivity contribution in [3.8, 4) is 16.9 Å². The third kappa shape index (κ3) is 8.42. The predicted molar refractivity (Wildman–Crippen MR) is 128 cm³/mol. The van der Waals surface area contributed by atoms with Gasteiger partial charge in [-0.2, -0.15) is 0 Å². The van der Waals surface area contributed by atoms with E-state index in [9.17, 15) is 14.7 Å². The van der Waals surface area contributed by atoms with Crippen LogP contribution in [-0.2, 0) is 9.47 Å². The molecule has 0 fully saturated rings. The fourth-order valence-electron chi connectivity index (χ4n) is 3.37. The van der Waals surface area contributed by atoms with Crippen molar-refractivity contribution in [2.45, 2.75) is 59.2 Å². The number of aliphatic hydroxyl groups is 1. The fraction of sp³-hybridized carbons (Fsp3) is 0.462.